The molecule has 1 N–H and O–H groups in total. The molecular formula is C12H20N2S2. The van der Waals surface area contributed by atoms with Gasteiger partial charge < -0.3 is 4.98 Å². The summed E-state index contributed by atoms with van der Waals surface area (Å²) in [5.74, 6) is 3.13. The molecule has 1 heterocycles. The lowest BCUT2D eigenvalue weighted by Gasteiger charge is -2.13. The van der Waals surface area contributed by atoms with Gasteiger partial charge in [-0.2, -0.15) is 11.8 Å². The summed E-state index contributed by atoms with van der Waals surface area (Å²) in [7, 11) is 0. The fourth-order valence-corrected chi connectivity index (χ4v) is 2.28. The highest BCUT2D eigenvalue weighted by Crippen LogP contribution is 2.20. The Morgan fingerprint density at radius 1 is 1.50 bits per heavy atom. The average Bonchev–Trinajstić information content (AvgIpc) is 2.59. The molecule has 0 bridgehead atoms. The summed E-state index contributed by atoms with van der Waals surface area (Å²) in [5, 5.41) is 0. The number of aromatic amines is 1. The zero-order valence-corrected chi connectivity index (χ0v) is 12.1. The Hall–Kier alpha value is -0.350. The van der Waals surface area contributed by atoms with Gasteiger partial charge in [-0.3, -0.25) is 0 Å². The van der Waals surface area contributed by atoms with Crippen LogP contribution in [0.25, 0.3) is 0 Å². The van der Waals surface area contributed by atoms with Crippen molar-refractivity contribution in [2.75, 3.05) is 11.5 Å². The van der Waals surface area contributed by atoms with Crippen LogP contribution in [0.4, 0.5) is 0 Å². The fourth-order valence-electron chi connectivity index (χ4n) is 1.26. The van der Waals surface area contributed by atoms with E-state index in [2.05, 4.69) is 30.7 Å². The fraction of sp³-hybridized carbons (Fsp3) is 0.667. The lowest BCUT2D eigenvalue weighted by molar-refractivity contribution is 0.571. The van der Waals surface area contributed by atoms with Crippen LogP contribution in [0.2, 0.25) is 0 Å². The van der Waals surface area contributed by atoms with Crippen LogP contribution in [0.15, 0.2) is 6.20 Å². The van der Waals surface area contributed by atoms with Crippen LogP contribution >= 0.6 is 24.0 Å². The van der Waals surface area contributed by atoms with Crippen LogP contribution in [0.5, 0.6) is 0 Å². The predicted molar refractivity (Wildman–Crippen MR) is 76.6 cm³/mol. The molecule has 0 saturated carbocycles. The number of nitrogens with zero attached hydrogens (tertiary/aromatic N) is 1. The molecule has 4 heteroatoms. The summed E-state index contributed by atoms with van der Waals surface area (Å²) in [6, 6.07) is 0. The first kappa shape index (κ1) is 13.7. The normalized spacial score (nSPS) is 11.8. The van der Waals surface area contributed by atoms with E-state index in [-0.39, 0.29) is 5.41 Å². The smallest absolute Gasteiger partial charge is 0.107 e. The number of aryl methyl sites for hydroxylation is 1. The molecule has 0 aliphatic carbocycles. The van der Waals surface area contributed by atoms with Gasteiger partial charge >= 0.3 is 0 Å². The third kappa shape index (κ3) is 4.66. The number of aromatic nitrogens is 2. The maximum absolute atomic E-state index is 5.03. The molecule has 2 nitrogen and oxygen atoms in total. The van der Waals surface area contributed by atoms with Gasteiger partial charge in [-0.1, -0.05) is 33.0 Å². The SMILES string of the molecule is CC(=S)CSCCc1nc(C(C)(C)C)c[nH]1. The Kier molecular flexibility index (Phi) is 4.99. The highest BCUT2D eigenvalue weighted by molar-refractivity contribution is 8.01. The van der Waals surface area contributed by atoms with Crippen molar-refractivity contribution in [3.05, 3.63) is 17.7 Å². The molecule has 0 atom stereocenters. The second-order valence-corrected chi connectivity index (χ2v) is 6.79. The van der Waals surface area contributed by atoms with Gasteiger partial charge in [-0.15, -0.1) is 0 Å². The molecule has 0 saturated heterocycles. The first-order chi connectivity index (χ1) is 7.39. The third-order valence-corrected chi connectivity index (χ3v) is 3.64. The Morgan fingerprint density at radius 2 is 2.19 bits per heavy atom. The predicted octanol–water partition coefficient (Wildman–Crippen LogP) is 3.37. The van der Waals surface area contributed by atoms with E-state index in [4.69, 9.17) is 12.2 Å². The number of thiocarbonyl (C=S) groups is 1. The van der Waals surface area contributed by atoms with Gasteiger partial charge in [0.15, 0.2) is 0 Å². The summed E-state index contributed by atoms with van der Waals surface area (Å²) in [4.78, 5) is 8.91. The molecule has 0 aliphatic rings. The second-order valence-electron chi connectivity index (χ2n) is 4.99. The van der Waals surface area contributed by atoms with Crippen LogP contribution in [0, 0.1) is 0 Å². The van der Waals surface area contributed by atoms with Crippen LogP contribution < -0.4 is 0 Å². The summed E-state index contributed by atoms with van der Waals surface area (Å²) >= 11 is 6.91. The van der Waals surface area contributed by atoms with E-state index in [1.54, 1.807) is 0 Å². The third-order valence-electron chi connectivity index (χ3n) is 2.19. The van der Waals surface area contributed by atoms with Crippen molar-refractivity contribution in [2.45, 2.75) is 39.5 Å². The molecule has 0 aromatic carbocycles. The molecular weight excluding hydrogens is 236 g/mol. The average molecular weight is 256 g/mol. The Bertz CT molecular complexity index is 350. The Balaban J connectivity index is 2.38. The molecule has 0 amide bonds. The van der Waals surface area contributed by atoms with Crippen molar-refractivity contribution in [1.82, 2.24) is 9.97 Å². The van der Waals surface area contributed by atoms with Crippen LogP contribution in [0.3, 0.4) is 0 Å². The molecule has 1 aromatic rings. The van der Waals surface area contributed by atoms with E-state index in [1.165, 1.54) is 0 Å². The van der Waals surface area contributed by atoms with Crippen molar-refractivity contribution in [3.8, 4) is 0 Å². The Morgan fingerprint density at radius 3 is 2.69 bits per heavy atom. The molecule has 0 fully saturated rings. The minimum absolute atomic E-state index is 0.132. The van der Waals surface area contributed by atoms with E-state index in [1.807, 2.05) is 24.9 Å². The number of hydrogen-bond donors (Lipinski definition) is 1. The summed E-state index contributed by atoms with van der Waals surface area (Å²) in [5.41, 5.74) is 1.27. The zero-order chi connectivity index (χ0) is 12.2. The molecule has 0 spiro atoms. The van der Waals surface area contributed by atoms with Gasteiger partial charge in [0, 0.05) is 29.5 Å². The van der Waals surface area contributed by atoms with Crippen molar-refractivity contribution in [2.24, 2.45) is 0 Å². The zero-order valence-electron chi connectivity index (χ0n) is 10.5. The van der Waals surface area contributed by atoms with E-state index in [9.17, 15) is 0 Å². The molecule has 16 heavy (non-hydrogen) atoms. The van der Waals surface area contributed by atoms with Gasteiger partial charge in [0.05, 0.1) is 5.69 Å². The highest BCUT2D eigenvalue weighted by atomic mass is 32.2. The molecule has 0 radical (unpaired) electrons. The van der Waals surface area contributed by atoms with Gasteiger partial charge in [0.25, 0.3) is 0 Å². The molecule has 0 aliphatic heterocycles. The number of H-pyrrole nitrogens is 1. The number of nitrogens with one attached hydrogen (secondary N) is 1. The second kappa shape index (κ2) is 5.82. The number of imidazole rings is 1. The van der Waals surface area contributed by atoms with Gasteiger partial charge in [-0.25, -0.2) is 4.98 Å². The lowest BCUT2D eigenvalue weighted by atomic mass is 9.93. The maximum atomic E-state index is 5.03. The van der Waals surface area contributed by atoms with Crippen molar-refractivity contribution in [1.29, 1.82) is 0 Å². The molecule has 1 aromatic heterocycles. The monoisotopic (exact) mass is 256 g/mol. The van der Waals surface area contributed by atoms with E-state index < -0.39 is 0 Å². The van der Waals surface area contributed by atoms with E-state index >= 15 is 0 Å². The summed E-state index contributed by atoms with van der Waals surface area (Å²) in [6.45, 7) is 8.53. The Labute approximate surface area is 108 Å². The first-order valence-corrected chi connectivity index (χ1v) is 7.08. The topological polar surface area (TPSA) is 28.7 Å². The number of thioether (sulfide) groups is 1. The van der Waals surface area contributed by atoms with Crippen LogP contribution in [0.1, 0.15) is 39.2 Å². The van der Waals surface area contributed by atoms with Gasteiger partial charge in [-0.05, 0) is 11.8 Å². The minimum Gasteiger partial charge on any atom is -0.348 e. The summed E-state index contributed by atoms with van der Waals surface area (Å²) in [6.07, 6.45) is 3.01. The highest BCUT2D eigenvalue weighted by Gasteiger charge is 2.16. The van der Waals surface area contributed by atoms with Crippen molar-refractivity contribution >= 4 is 28.8 Å². The lowest BCUT2D eigenvalue weighted by Crippen LogP contribution is -2.11. The van der Waals surface area contributed by atoms with Gasteiger partial charge in [0.2, 0.25) is 0 Å². The molecule has 90 valence electrons. The largest absolute Gasteiger partial charge is 0.348 e. The maximum Gasteiger partial charge on any atom is 0.107 e. The van der Waals surface area contributed by atoms with E-state index in [0.29, 0.717) is 0 Å². The number of hydrogen-bond acceptors (Lipinski definition) is 3. The van der Waals surface area contributed by atoms with Crippen LogP contribution in [-0.2, 0) is 11.8 Å². The minimum atomic E-state index is 0.132. The van der Waals surface area contributed by atoms with Crippen molar-refractivity contribution < 1.29 is 0 Å². The summed E-state index contributed by atoms with van der Waals surface area (Å²) < 4.78 is 0. The molecule has 1 rings (SSSR count). The first-order valence-electron chi connectivity index (χ1n) is 5.51. The molecule has 0 unspecified atom stereocenters. The van der Waals surface area contributed by atoms with E-state index in [0.717, 1.165) is 34.3 Å². The number of rotatable bonds is 5. The van der Waals surface area contributed by atoms with Crippen molar-refractivity contribution in [3.63, 3.8) is 0 Å². The standard InChI is InChI=1S/C12H20N2S2/c1-9(15)8-16-6-5-11-13-7-10(14-11)12(2,3)4/h7H,5-6,8H2,1-4H3,(H,13,14). The van der Waals surface area contributed by atoms with Gasteiger partial charge in [0.1, 0.15) is 5.82 Å². The quantitative estimate of drug-likeness (QED) is 0.647. The van der Waals surface area contributed by atoms with Crippen LogP contribution in [-0.4, -0.2) is 26.3 Å².